The monoisotopic (exact) mass is 589 g/mol. The molecule has 0 saturated heterocycles. The predicted octanol–water partition coefficient (Wildman–Crippen LogP) is 7.12. The van der Waals surface area contributed by atoms with Crippen LogP contribution in [-0.4, -0.2) is 43.5 Å². The first-order valence-corrected chi connectivity index (χ1v) is 14.2. The Labute approximate surface area is 249 Å². The second kappa shape index (κ2) is 11.8. The molecule has 4 aromatic rings. The number of halogens is 2. The first-order chi connectivity index (χ1) is 19.3. The van der Waals surface area contributed by atoms with E-state index >= 15 is 0 Å². The van der Waals surface area contributed by atoms with Gasteiger partial charge in [0, 0.05) is 64.0 Å². The summed E-state index contributed by atoms with van der Waals surface area (Å²) in [6.07, 6.45) is -0.231. The van der Waals surface area contributed by atoms with Crippen LogP contribution in [0.5, 0.6) is 0 Å². The van der Waals surface area contributed by atoms with Crippen LogP contribution in [0.1, 0.15) is 24.5 Å². The molecule has 1 heterocycles. The molecule has 4 aromatic carbocycles. The molecule has 6 nitrogen and oxygen atoms in total. The summed E-state index contributed by atoms with van der Waals surface area (Å²) in [5.74, 6) is -0.218. The predicted molar refractivity (Wildman–Crippen MR) is 173 cm³/mol. The van der Waals surface area contributed by atoms with Crippen molar-refractivity contribution >= 4 is 80.0 Å². The summed E-state index contributed by atoms with van der Waals surface area (Å²) in [5.41, 5.74) is 4.65. The number of amides is 1. The van der Waals surface area contributed by atoms with Crippen LogP contribution in [0.2, 0.25) is 10.0 Å². The van der Waals surface area contributed by atoms with Crippen LogP contribution in [0.3, 0.4) is 0 Å². The number of hydrogen-bond donors (Lipinski definition) is 2. The first kappa shape index (κ1) is 27.9. The van der Waals surface area contributed by atoms with Crippen molar-refractivity contribution in [3.8, 4) is 0 Å². The molecule has 1 unspecified atom stereocenters. The van der Waals surface area contributed by atoms with Crippen LogP contribution in [-0.2, 0) is 4.79 Å². The van der Waals surface area contributed by atoms with E-state index in [9.17, 15) is 4.79 Å². The van der Waals surface area contributed by atoms with Crippen molar-refractivity contribution in [3.63, 3.8) is 0 Å². The quantitative estimate of drug-likeness (QED) is 0.234. The van der Waals surface area contributed by atoms with Crippen molar-refractivity contribution in [3.05, 3.63) is 100 Å². The third-order valence-electron chi connectivity index (χ3n) is 6.74. The number of hydrogen-bond acceptors (Lipinski definition) is 4. The van der Waals surface area contributed by atoms with Gasteiger partial charge < -0.3 is 20.4 Å². The Morgan fingerprint density at radius 3 is 2.42 bits per heavy atom. The van der Waals surface area contributed by atoms with E-state index in [4.69, 9.17) is 40.4 Å². The molecule has 0 spiro atoms. The molecule has 0 fully saturated rings. The molecule has 1 atom stereocenters. The first-order valence-electron chi connectivity index (χ1n) is 13.0. The molecule has 0 saturated carbocycles. The van der Waals surface area contributed by atoms with Crippen LogP contribution in [0, 0.1) is 0 Å². The van der Waals surface area contributed by atoms with E-state index in [-0.39, 0.29) is 11.0 Å². The molecule has 0 aromatic heterocycles. The number of nitrogens with zero attached hydrogens (tertiary/aromatic N) is 3. The summed E-state index contributed by atoms with van der Waals surface area (Å²) in [7, 11) is 4.03. The third kappa shape index (κ3) is 5.50. The van der Waals surface area contributed by atoms with Crippen LogP contribution in [0.25, 0.3) is 10.8 Å². The molecule has 204 valence electrons. The van der Waals surface area contributed by atoms with Gasteiger partial charge in [0.25, 0.3) is 5.91 Å². The molecule has 1 amide bonds. The van der Waals surface area contributed by atoms with Crippen LogP contribution in [0.4, 0.5) is 17.1 Å². The summed E-state index contributed by atoms with van der Waals surface area (Å²) in [6, 6.07) is 25.0. The highest BCUT2D eigenvalue weighted by atomic mass is 35.5. The molecular formula is C31H29Cl2N5OS. The van der Waals surface area contributed by atoms with Gasteiger partial charge in [0.15, 0.2) is 5.11 Å². The zero-order valence-corrected chi connectivity index (χ0v) is 24.7. The SMILES string of the molecule is CCCN1C(=O)C(NC(=S)Nc2ccc(N(C)C)c3ccccc23)N=C(c2ccccc2Cl)c2cc(Cl)ccc21. The average Bonchev–Trinajstić information content (AvgIpc) is 3.04. The molecule has 5 rings (SSSR count). The number of benzodiazepines with no additional fused rings is 1. The van der Waals surface area contributed by atoms with Gasteiger partial charge in [-0.15, -0.1) is 0 Å². The highest BCUT2D eigenvalue weighted by Gasteiger charge is 2.33. The Morgan fingerprint density at radius 2 is 1.70 bits per heavy atom. The highest BCUT2D eigenvalue weighted by Crippen LogP contribution is 2.34. The fraction of sp³-hybridized carbons (Fsp3) is 0.194. The summed E-state index contributed by atoms with van der Waals surface area (Å²) in [5, 5.41) is 9.92. The summed E-state index contributed by atoms with van der Waals surface area (Å²) >= 11 is 18.8. The number of rotatable bonds is 6. The van der Waals surface area contributed by atoms with E-state index in [1.165, 1.54) is 0 Å². The highest BCUT2D eigenvalue weighted by molar-refractivity contribution is 7.80. The van der Waals surface area contributed by atoms with Crippen molar-refractivity contribution in [2.24, 2.45) is 4.99 Å². The number of fused-ring (bicyclic) bond motifs is 2. The second-order valence-corrected chi connectivity index (χ2v) is 10.9. The van der Waals surface area contributed by atoms with Gasteiger partial charge in [-0.1, -0.05) is 72.6 Å². The molecule has 40 heavy (non-hydrogen) atoms. The molecule has 1 aliphatic rings. The maximum Gasteiger partial charge on any atom is 0.272 e. The van der Waals surface area contributed by atoms with Crippen molar-refractivity contribution in [1.29, 1.82) is 0 Å². The van der Waals surface area contributed by atoms with Gasteiger partial charge in [0.1, 0.15) is 0 Å². The largest absolute Gasteiger partial charge is 0.377 e. The fourth-order valence-electron chi connectivity index (χ4n) is 4.93. The molecule has 2 N–H and O–H groups in total. The van der Waals surface area contributed by atoms with Gasteiger partial charge in [-0.2, -0.15) is 0 Å². The number of carbonyl (C=O) groups is 1. The second-order valence-electron chi connectivity index (χ2n) is 9.68. The van der Waals surface area contributed by atoms with Crippen LogP contribution >= 0.6 is 35.4 Å². The fourth-order valence-corrected chi connectivity index (χ4v) is 5.55. The Kier molecular flexibility index (Phi) is 8.26. The number of aliphatic imine (C=N–C) groups is 1. The molecule has 0 radical (unpaired) electrons. The minimum absolute atomic E-state index is 0.218. The third-order valence-corrected chi connectivity index (χ3v) is 7.52. The smallest absolute Gasteiger partial charge is 0.272 e. The zero-order chi connectivity index (χ0) is 28.4. The van der Waals surface area contributed by atoms with E-state index in [1.807, 2.05) is 81.7 Å². The van der Waals surface area contributed by atoms with E-state index in [2.05, 4.69) is 21.6 Å². The topological polar surface area (TPSA) is 60.0 Å². The van der Waals surface area contributed by atoms with Gasteiger partial charge in [0.2, 0.25) is 6.17 Å². The molecule has 0 aliphatic carbocycles. The lowest BCUT2D eigenvalue weighted by Crippen LogP contribution is -2.48. The normalized spacial score (nSPS) is 14.8. The molecule has 0 bridgehead atoms. The maximum atomic E-state index is 14.0. The van der Waals surface area contributed by atoms with Crippen molar-refractivity contribution in [1.82, 2.24) is 5.32 Å². The Bertz CT molecular complexity index is 1640. The van der Waals surface area contributed by atoms with Gasteiger partial charge in [-0.05, 0) is 55.0 Å². The zero-order valence-electron chi connectivity index (χ0n) is 22.4. The lowest BCUT2D eigenvalue weighted by molar-refractivity contribution is -0.120. The number of thiocarbonyl (C=S) groups is 1. The Balaban J connectivity index is 1.55. The standard InChI is InChI=1S/C31H29Cl2N5OS/c1-4-17-38-27-15-13-19(32)18-23(27)28(22-11-7-8-12-24(22)33)35-29(30(38)39)36-31(40)34-25-14-16-26(37(2)3)21-10-6-5-9-20(21)25/h5-16,18,29H,4,17H2,1-3H3,(H2,34,36,40). The van der Waals surface area contributed by atoms with Crippen LogP contribution < -0.4 is 20.4 Å². The number of nitrogens with one attached hydrogen (secondary N) is 2. The van der Waals surface area contributed by atoms with E-state index in [0.29, 0.717) is 27.9 Å². The minimum Gasteiger partial charge on any atom is -0.377 e. The Hall–Kier alpha value is -3.65. The maximum absolute atomic E-state index is 14.0. The van der Waals surface area contributed by atoms with Gasteiger partial charge >= 0.3 is 0 Å². The van der Waals surface area contributed by atoms with Crippen LogP contribution in [0.15, 0.2) is 83.9 Å². The summed E-state index contributed by atoms with van der Waals surface area (Å²) < 4.78 is 0. The lowest BCUT2D eigenvalue weighted by Gasteiger charge is -2.26. The van der Waals surface area contributed by atoms with Gasteiger partial charge in [-0.25, -0.2) is 4.99 Å². The lowest BCUT2D eigenvalue weighted by atomic mass is 10.00. The number of anilines is 3. The molecule has 9 heteroatoms. The van der Waals surface area contributed by atoms with E-state index < -0.39 is 6.17 Å². The average molecular weight is 591 g/mol. The van der Waals surface area contributed by atoms with Crippen molar-refractivity contribution < 1.29 is 4.79 Å². The van der Waals surface area contributed by atoms with E-state index in [0.717, 1.165) is 39.8 Å². The Morgan fingerprint density at radius 1 is 0.975 bits per heavy atom. The summed E-state index contributed by atoms with van der Waals surface area (Å²) in [4.78, 5) is 22.7. The van der Waals surface area contributed by atoms with Gasteiger partial charge in [0.05, 0.1) is 11.4 Å². The van der Waals surface area contributed by atoms with E-state index in [1.54, 1.807) is 17.0 Å². The van der Waals surface area contributed by atoms with Gasteiger partial charge in [-0.3, -0.25) is 4.79 Å². The van der Waals surface area contributed by atoms with Crippen molar-refractivity contribution in [2.45, 2.75) is 19.5 Å². The number of benzene rings is 4. The minimum atomic E-state index is -0.990. The molecule has 1 aliphatic heterocycles. The number of carbonyl (C=O) groups excluding carboxylic acids is 1. The molecular weight excluding hydrogens is 561 g/mol. The van der Waals surface area contributed by atoms with Crippen molar-refractivity contribution in [2.75, 3.05) is 35.8 Å². The summed E-state index contributed by atoms with van der Waals surface area (Å²) in [6.45, 7) is 2.54.